The number of hydrogen-bond donors (Lipinski definition) is 1. The van der Waals surface area contributed by atoms with Gasteiger partial charge in [0, 0.05) is 24.2 Å². The minimum Gasteiger partial charge on any atom is -0.495 e. The Morgan fingerprint density at radius 2 is 1.51 bits per heavy atom. The van der Waals surface area contributed by atoms with Crippen molar-refractivity contribution in [3.63, 3.8) is 0 Å². The van der Waals surface area contributed by atoms with Crippen LogP contribution in [0.1, 0.15) is 32.3 Å². The van der Waals surface area contributed by atoms with E-state index in [1.807, 2.05) is 6.92 Å². The van der Waals surface area contributed by atoms with E-state index in [9.17, 15) is 18.0 Å². The topological polar surface area (TPSA) is 114 Å². The van der Waals surface area contributed by atoms with Crippen LogP contribution in [0.3, 0.4) is 0 Å². The SMILES string of the molecule is CCCNC(=O)[C@H](CC)N(Cc1ccc(Cl)c(Cl)c1)C(=O)CN(c1cc(Cl)ccc1OC)S(=O)(=O)c1ccc(OC)c(OC)c1. The number of sulfonamides is 1. The van der Waals surface area contributed by atoms with Crippen molar-refractivity contribution >= 4 is 62.3 Å². The van der Waals surface area contributed by atoms with Crippen LogP contribution in [0.25, 0.3) is 0 Å². The minimum absolute atomic E-state index is 0.0195. The molecule has 244 valence electrons. The van der Waals surface area contributed by atoms with Gasteiger partial charge in [-0.25, -0.2) is 8.42 Å². The largest absolute Gasteiger partial charge is 0.495 e. The average molecular weight is 701 g/mol. The maximum Gasteiger partial charge on any atom is 0.265 e. The summed E-state index contributed by atoms with van der Waals surface area (Å²) in [5.74, 6) is -0.396. The van der Waals surface area contributed by atoms with Crippen LogP contribution < -0.4 is 23.8 Å². The van der Waals surface area contributed by atoms with Crippen molar-refractivity contribution in [1.82, 2.24) is 10.2 Å². The van der Waals surface area contributed by atoms with E-state index in [0.717, 1.165) is 4.31 Å². The Bertz CT molecular complexity index is 1620. The number of methoxy groups -OCH3 is 3. The molecular weight excluding hydrogens is 665 g/mol. The monoisotopic (exact) mass is 699 g/mol. The Morgan fingerprint density at radius 1 is 0.844 bits per heavy atom. The van der Waals surface area contributed by atoms with Crippen molar-refractivity contribution < 1.29 is 32.2 Å². The van der Waals surface area contributed by atoms with Crippen LogP contribution in [0.5, 0.6) is 17.2 Å². The number of hydrogen-bond acceptors (Lipinski definition) is 7. The molecule has 10 nitrogen and oxygen atoms in total. The number of rotatable bonds is 15. The molecule has 0 fully saturated rings. The van der Waals surface area contributed by atoms with Crippen molar-refractivity contribution in [2.75, 3.05) is 38.7 Å². The summed E-state index contributed by atoms with van der Waals surface area (Å²) in [5, 5.41) is 3.65. The molecule has 14 heteroatoms. The molecule has 2 amide bonds. The van der Waals surface area contributed by atoms with Crippen molar-refractivity contribution in [3.8, 4) is 17.2 Å². The van der Waals surface area contributed by atoms with Gasteiger partial charge in [-0.1, -0.05) is 54.7 Å². The number of nitrogens with one attached hydrogen (secondary N) is 1. The maximum absolute atomic E-state index is 14.3. The fourth-order valence-corrected chi connectivity index (χ4v) is 6.52. The summed E-state index contributed by atoms with van der Waals surface area (Å²) in [4.78, 5) is 28.8. The molecule has 0 radical (unpaired) electrons. The molecule has 0 spiro atoms. The number of carbonyl (C=O) groups excluding carboxylic acids is 2. The van der Waals surface area contributed by atoms with Gasteiger partial charge in [0.1, 0.15) is 18.3 Å². The van der Waals surface area contributed by atoms with Gasteiger partial charge in [0.05, 0.1) is 42.0 Å². The molecule has 45 heavy (non-hydrogen) atoms. The van der Waals surface area contributed by atoms with Gasteiger partial charge in [-0.05, 0) is 60.9 Å². The Kier molecular flexibility index (Phi) is 13.0. The van der Waals surface area contributed by atoms with Gasteiger partial charge >= 0.3 is 0 Å². The average Bonchev–Trinajstić information content (AvgIpc) is 3.03. The van der Waals surface area contributed by atoms with E-state index in [-0.39, 0.29) is 51.0 Å². The van der Waals surface area contributed by atoms with Crippen LogP contribution in [0.4, 0.5) is 5.69 Å². The Balaban J connectivity index is 2.18. The highest BCUT2D eigenvalue weighted by atomic mass is 35.5. The lowest BCUT2D eigenvalue weighted by Gasteiger charge is -2.33. The number of halogens is 3. The van der Waals surface area contributed by atoms with Crippen molar-refractivity contribution in [2.24, 2.45) is 0 Å². The third kappa shape index (κ3) is 8.66. The van der Waals surface area contributed by atoms with Gasteiger partial charge in [0.2, 0.25) is 11.8 Å². The Hall–Kier alpha value is -3.38. The first-order valence-corrected chi connectivity index (χ1v) is 16.6. The lowest BCUT2D eigenvalue weighted by atomic mass is 10.1. The molecule has 0 aromatic heterocycles. The van der Waals surface area contributed by atoms with Crippen LogP contribution in [0.2, 0.25) is 15.1 Å². The van der Waals surface area contributed by atoms with Gasteiger partial charge in [0.15, 0.2) is 11.5 Å². The maximum atomic E-state index is 14.3. The second kappa shape index (κ2) is 16.3. The normalized spacial score (nSPS) is 11.8. The number of nitrogens with zero attached hydrogens (tertiary/aromatic N) is 2. The Labute approximate surface area is 279 Å². The lowest BCUT2D eigenvalue weighted by molar-refractivity contribution is -0.140. The molecule has 0 saturated carbocycles. The van der Waals surface area contributed by atoms with Gasteiger partial charge < -0.3 is 24.4 Å². The fraction of sp³-hybridized carbons (Fsp3) is 0.355. The van der Waals surface area contributed by atoms with Gasteiger partial charge in [-0.3, -0.25) is 13.9 Å². The zero-order valence-corrected chi connectivity index (χ0v) is 28.7. The summed E-state index contributed by atoms with van der Waals surface area (Å²) < 4.78 is 45.7. The van der Waals surface area contributed by atoms with E-state index in [2.05, 4.69) is 5.32 Å². The number of amides is 2. The lowest BCUT2D eigenvalue weighted by Crippen LogP contribution is -2.52. The summed E-state index contributed by atoms with van der Waals surface area (Å²) in [6.45, 7) is 3.33. The molecule has 1 atom stereocenters. The highest BCUT2D eigenvalue weighted by molar-refractivity contribution is 7.92. The molecule has 1 N–H and O–H groups in total. The molecule has 0 aliphatic heterocycles. The molecule has 3 aromatic carbocycles. The van der Waals surface area contributed by atoms with E-state index in [1.54, 1.807) is 25.1 Å². The van der Waals surface area contributed by atoms with Crippen LogP contribution in [0.15, 0.2) is 59.5 Å². The molecular formula is C31H36Cl3N3O7S. The van der Waals surface area contributed by atoms with Crippen LogP contribution in [-0.4, -0.2) is 65.6 Å². The predicted octanol–water partition coefficient (Wildman–Crippen LogP) is 6.20. The highest BCUT2D eigenvalue weighted by Crippen LogP contribution is 2.37. The molecule has 0 unspecified atom stereocenters. The molecule has 3 aromatic rings. The number of anilines is 1. The number of carbonyl (C=O) groups is 2. The highest BCUT2D eigenvalue weighted by Gasteiger charge is 2.35. The molecule has 0 aliphatic carbocycles. The van der Waals surface area contributed by atoms with E-state index >= 15 is 0 Å². The second-order valence-corrected chi connectivity index (χ2v) is 12.9. The first-order chi connectivity index (χ1) is 21.4. The number of benzene rings is 3. The Morgan fingerprint density at radius 3 is 2.11 bits per heavy atom. The molecule has 3 rings (SSSR count). The minimum atomic E-state index is -4.47. The first kappa shape index (κ1) is 36.1. The zero-order valence-electron chi connectivity index (χ0n) is 25.6. The standard InChI is InChI=1S/C31H36Cl3N3O7S/c1-6-14-35-31(39)25(7-2)36(18-20-8-11-23(33)24(34)15-20)30(38)19-37(26-16-21(32)9-12-27(26)42-3)45(40,41)22-10-13-28(43-4)29(17-22)44-5/h8-13,15-17,25H,6-7,14,18-19H2,1-5H3,(H,35,39)/t25-/m0/s1. The van der Waals surface area contributed by atoms with E-state index < -0.39 is 28.5 Å². The van der Waals surface area contributed by atoms with Crippen LogP contribution >= 0.6 is 34.8 Å². The van der Waals surface area contributed by atoms with Gasteiger partial charge in [-0.15, -0.1) is 0 Å². The smallest absolute Gasteiger partial charge is 0.265 e. The van der Waals surface area contributed by atoms with E-state index in [0.29, 0.717) is 29.3 Å². The molecule has 0 heterocycles. The molecule has 0 bridgehead atoms. The third-order valence-electron chi connectivity index (χ3n) is 6.90. The van der Waals surface area contributed by atoms with Crippen molar-refractivity contribution in [2.45, 2.75) is 44.2 Å². The molecule has 0 aliphatic rings. The van der Waals surface area contributed by atoms with Crippen molar-refractivity contribution in [3.05, 3.63) is 75.2 Å². The number of ether oxygens (including phenoxy) is 3. The quantitative estimate of drug-likeness (QED) is 0.201. The van der Waals surface area contributed by atoms with Crippen molar-refractivity contribution in [1.29, 1.82) is 0 Å². The summed E-state index contributed by atoms with van der Waals surface area (Å²) in [5.41, 5.74) is 0.611. The summed E-state index contributed by atoms with van der Waals surface area (Å²) in [6.07, 6.45) is 0.945. The van der Waals surface area contributed by atoms with Crippen LogP contribution in [0, 0.1) is 0 Å². The third-order valence-corrected chi connectivity index (χ3v) is 9.63. The molecule has 0 saturated heterocycles. The van der Waals surface area contributed by atoms with E-state index in [1.165, 1.54) is 62.6 Å². The first-order valence-electron chi connectivity index (χ1n) is 14.0. The predicted molar refractivity (Wildman–Crippen MR) is 176 cm³/mol. The zero-order chi connectivity index (χ0) is 33.3. The fourth-order valence-electron chi connectivity index (χ4n) is 4.60. The van der Waals surface area contributed by atoms with Gasteiger partial charge in [0.25, 0.3) is 10.0 Å². The van der Waals surface area contributed by atoms with E-state index in [4.69, 9.17) is 49.0 Å². The summed E-state index contributed by atoms with van der Waals surface area (Å²) in [6, 6.07) is 12.4. The summed E-state index contributed by atoms with van der Waals surface area (Å²) in [7, 11) is -0.289. The van der Waals surface area contributed by atoms with Crippen LogP contribution in [-0.2, 0) is 26.2 Å². The van der Waals surface area contributed by atoms with Gasteiger partial charge in [-0.2, -0.15) is 0 Å². The summed E-state index contributed by atoms with van der Waals surface area (Å²) >= 11 is 18.7. The second-order valence-electron chi connectivity index (χ2n) is 9.83.